The molecule has 3 unspecified atom stereocenters. The van der Waals surface area contributed by atoms with Crippen molar-refractivity contribution in [1.29, 1.82) is 0 Å². The number of benzene rings is 2. The largest absolute Gasteiger partial charge is 0.377 e. The zero-order chi connectivity index (χ0) is 16.8. The Bertz CT molecular complexity index is 857. The van der Waals surface area contributed by atoms with Crippen molar-refractivity contribution in [2.45, 2.75) is 32.2 Å². The molecular formula is C20H20N2O2. The van der Waals surface area contributed by atoms with Crippen molar-refractivity contribution in [3.8, 4) is 0 Å². The number of allylic oxidation sites excluding steroid dienone is 2. The molecule has 4 nitrogen and oxygen atoms in total. The molecule has 0 saturated heterocycles. The average molecular weight is 320 g/mol. The number of fused-ring (bicyclic) bond motifs is 3. The third kappa shape index (κ3) is 2.13. The number of nitro benzene ring substituents is 1. The van der Waals surface area contributed by atoms with Gasteiger partial charge in [0, 0.05) is 17.7 Å². The zero-order valence-corrected chi connectivity index (χ0v) is 13.8. The van der Waals surface area contributed by atoms with Gasteiger partial charge in [-0.2, -0.15) is 0 Å². The van der Waals surface area contributed by atoms with E-state index >= 15 is 0 Å². The Morgan fingerprint density at radius 1 is 1.12 bits per heavy atom. The highest BCUT2D eigenvalue weighted by Crippen LogP contribution is 2.51. The third-order valence-corrected chi connectivity index (χ3v) is 5.49. The van der Waals surface area contributed by atoms with E-state index in [1.54, 1.807) is 6.07 Å². The molecule has 4 rings (SSSR count). The van der Waals surface area contributed by atoms with Crippen molar-refractivity contribution in [2.75, 3.05) is 5.32 Å². The quantitative estimate of drug-likeness (QED) is 0.479. The van der Waals surface area contributed by atoms with Gasteiger partial charge >= 0.3 is 0 Å². The van der Waals surface area contributed by atoms with Crippen LogP contribution in [0.3, 0.4) is 0 Å². The Hall–Kier alpha value is -2.62. The fraction of sp³-hybridized carbons (Fsp3) is 0.300. The van der Waals surface area contributed by atoms with E-state index in [2.05, 4.69) is 48.7 Å². The second kappa shape index (κ2) is 5.48. The normalized spacial score (nSPS) is 24.2. The van der Waals surface area contributed by atoms with Crippen molar-refractivity contribution >= 4 is 11.4 Å². The molecule has 1 aliphatic carbocycles. The van der Waals surface area contributed by atoms with E-state index in [0.29, 0.717) is 11.8 Å². The highest BCUT2D eigenvalue weighted by molar-refractivity contribution is 5.69. The molecule has 0 saturated carbocycles. The van der Waals surface area contributed by atoms with Crippen LogP contribution in [0, 0.1) is 29.9 Å². The lowest BCUT2D eigenvalue weighted by Gasteiger charge is -2.38. The van der Waals surface area contributed by atoms with Crippen molar-refractivity contribution in [2.24, 2.45) is 5.92 Å². The number of hydrogen-bond acceptors (Lipinski definition) is 3. The van der Waals surface area contributed by atoms with Crippen LogP contribution in [0.2, 0.25) is 0 Å². The minimum absolute atomic E-state index is 0.180. The summed E-state index contributed by atoms with van der Waals surface area (Å²) < 4.78 is 0. The molecule has 1 N–H and O–H groups in total. The Kier molecular flexibility index (Phi) is 3.41. The average Bonchev–Trinajstić information content (AvgIpc) is 3.05. The molecule has 122 valence electrons. The Labute approximate surface area is 141 Å². The second-order valence-electron chi connectivity index (χ2n) is 6.76. The number of nitro groups is 1. The maximum absolute atomic E-state index is 11.3. The van der Waals surface area contributed by atoms with Crippen LogP contribution in [0.15, 0.2) is 48.6 Å². The fourth-order valence-electron chi connectivity index (χ4n) is 4.24. The van der Waals surface area contributed by atoms with Gasteiger partial charge in [-0.25, -0.2) is 0 Å². The number of nitrogens with zero attached hydrogens (tertiary/aromatic N) is 1. The minimum atomic E-state index is -0.295. The fourth-order valence-corrected chi connectivity index (χ4v) is 4.24. The first-order valence-electron chi connectivity index (χ1n) is 8.34. The van der Waals surface area contributed by atoms with E-state index in [0.717, 1.165) is 17.7 Å². The molecular weight excluding hydrogens is 300 g/mol. The minimum Gasteiger partial charge on any atom is -0.377 e. The van der Waals surface area contributed by atoms with Gasteiger partial charge in [0.05, 0.1) is 16.5 Å². The summed E-state index contributed by atoms with van der Waals surface area (Å²) in [6.07, 6.45) is 5.54. The van der Waals surface area contributed by atoms with Crippen molar-refractivity contribution in [3.63, 3.8) is 0 Å². The van der Waals surface area contributed by atoms with Crippen molar-refractivity contribution in [3.05, 3.63) is 80.9 Å². The summed E-state index contributed by atoms with van der Waals surface area (Å²) >= 11 is 0. The summed E-state index contributed by atoms with van der Waals surface area (Å²) in [5.41, 5.74) is 5.58. The van der Waals surface area contributed by atoms with E-state index in [9.17, 15) is 10.1 Å². The molecule has 2 aliphatic rings. The lowest BCUT2D eigenvalue weighted by molar-refractivity contribution is -0.385. The smallest absolute Gasteiger partial charge is 0.274 e. The van der Waals surface area contributed by atoms with E-state index in [1.165, 1.54) is 16.7 Å². The summed E-state index contributed by atoms with van der Waals surface area (Å²) in [7, 11) is 0. The molecule has 0 amide bonds. The molecule has 0 bridgehead atoms. The summed E-state index contributed by atoms with van der Waals surface area (Å²) in [5, 5.41) is 14.9. The van der Waals surface area contributed by atoms with Gasteiger partial charge in [-0.15, -0.1) is 0 Å². The maximum Gasteiger partial charge on any atom is 0.274 e. The molecule has 0 spiro atoms. The topological polar surface area (TPSA) is 55.2 Å². The van der Waals surface area contributed by atoms with Crippen LogP contribution in [0.1, 0.15) is 40.6 Å². The monoisotopic (exact) mass is 320 g/mol. The molecule has 0 radical (unpaired) electrons. The SMILES string of the molecule is Cc1ccccc1C1Nc2c(ccc([N+](=O)[O-])c2C)C2C=CCC21. The summed E-state index contributed by atoms with van der Waals surface area (Å²) in [6.45, 7) is 3.97. The van der Waals surface area contributed by atoms with Crippen LogP contribution in [0.5, 0.6) is 0 Å². The summed E-state index contributed by atoms with van der Waals surface area (Å²) in [6, 6.07) is 12.2. The predicted octanol–water partition coefficient (Wildman–Crippen LogP) is 5.04. The van der Waals surface area contributed by atoms with Gasteiger partial charge in [0.1, 0.15) is 0 Å². The molecule has 2 aromatic rings. The van der Waals surface area contributed by atoms with E-state index in [1.807, 2.05) is 13.0 Å². The van der Waals surface area contributed by atoms with Crippen molar-refractivity contribution < 1.29 is 4.92 Å². The van der Waals surface area contributed by atoms with Gasteiger partial charge in [-0.05, 0) is 48.9 Å². The second-order valence-corrected chi connectivity index (χ2v) is 6.76. The predicted molar refractivity (Wildman–Crippen MR) is 95.4 cm³/mol. The van der Waals surface area contributed by atoms with Crippen LogP contribution in [-0.2, 0) is 0 Å². The number of rotatable bonds is 2. The molecule has 0 aromatic heterocycles. The third-order valence-electron chi connectivity index (χ3n) is 5.49. The first kappa shape index (κ1) is 14.9. The van der Waals surface area contributed by atoms with E-state index < -0.39 is 0 Å². The first-order valence-corrected chi connectivity index (χ1v) is 8.34. The highest BCUT2D eigenvalue weighted by Gasteiger charge is 2.39. The van der Waals surface area contributed by atoms with Crippen LogP contribution in [-0.4, -0.2) is 4.92 Å². The molecule has 3 atom stereocenters. The number of hydrogen-bond donors (Lipinski definition) is 1. The number of nitrogens with one attached hydrogen (secondary N) is 1. The van der Waals surface area contributed by atoms with Crippen LogP contribution < -0.4 is 5.32 Å². The Morgan fingerprint density at radius 2 is 1.92 bits per heavy atom. The molecule has 1 heterocycles. The Balaban J connectivity index is 1.87. The molecule has 24 heavy (non-hydrogen) atoms. The standard InChI is InChI=1S/C20H20N2O2/c1-12-6-3-4-7-14(12)20-16-9-5-8-15(16)17-10-11-18(22(23)24)13(2)19(17)21-20/h3-8,10-11,15-16,20-21H,9H2,1-2H3. The number of anilines is 1. The van der Waals surface area contributed by atoms with Gasteiger partial charge in [0.25, 0.3) is 5.69 Å². The van der Waals surface area contributed by atoms with Gasteiger partial charge in [0.2, 0.25) is 0 Å². The van der Waals surface area contributed by atoms with Crippen molar-refractivity contribution in [1.82, 2.24) is 0 Å². The first-order chi connectivity index (χ1) is 11.6. The summed E-state index contributed by atoms with van der Waals surface area (Å²) in [4.78, 5) is 11.0. The number of aryl methyl sites for hydroxylation is 1. The van der Waals surface area contributed by atoms with Gasteiger partial charge < -0.3 is 5.32 Å². The zero-order valence-electron chi connectivity index (χ0n) is 13.8. The van der Waals surface area contributed by atoms with Crippen LogP contribution in [0.4, 0.5) is 11.4 Å². The van der Waals surface area contributed by atoms with Crippen LogP contribution >= 0.6 is 0 Å². The van der Waals surface area contributed by atoms with Gasteiger partial charge in [-0.3, -0.25) is 10.1 Å². The Morgan fingerprint density at radius 3 is 2.67 bits per heavy atom. The van der Waals surface area contributed by atoms with Gasteiger partial charge in [0.15, 0.2) is 0 Å². The maximum atomic E-state index is 11.3. The van der Waals surface area contributed by atoms with E-state index in [4.69, 9.17) is 0 Å². The van der Waals surface area contributed by atoms with Crippen LogP contribution in [0.25, 0.3) is 0 Å². The van der Waals surface area contributed by atoms with E-state index in [-0.39, 0.29) is 16.7 Å². The lowest BCUT2D eigenvalue weighted by Crippen LogP contribution is -2.30. The molecule has 0 fully saturated rings. The lowest BCUT2D eigenvalue weighted by atomic mass is 9.75. The molecule has 2 aromatic carbocycles. The summed E-state index contributed by atoms with van der Waals surface area (Å²) in [5.74, 6) is 0.782. The highest BCUT2D eigenvalue weighted by atomic mass is 16.6. The molecule has 1 aliphatic heterocycles. The van der Waals surface area contributed by atoms with Gasteiger partial charge in [-0.1, -0.05) is 36.4 Å². The molecule has 4 heteroatoms.